The van der Waals surface area contributed by atoms with Crippen LogP contribution in [0.25, 0.3) is 0 Å². The fourth-order valence-corrected chi connectivity index (χ4v) is 4.45. The molecule has 0 spiro atoms. The Morgan fingerprint density at radius 1 is 1.29 bits per heavy atom. The molecule has 1 saturated heterocycles. The number of fused-ring (bicyclic) bond motifs is 1. The minimum atomic E-state index is -3.56. The summed E-state index contributed by atoms with van der Waals surface area (Å²) in [5.41, 5.74) is 0. The lowest BCUT2D eigenvalue weighted by Gasteiger charge is -2.32. The fourth-order valence-electron chi connectivity index (χ4n) is 2.79. The van der Waals surface area contributed by atoms with Gasteiger partial charge in [-0.3, -0.25) is 0 Å². The van der Waals surface area contributed by atoms with Gasteiger partial charge in [-0.1, -0.05) is 6.07 Å². The van der Waals surface area contributed by atoms with Gasteiger partial charge in [-0.05, 0) is 32.0 Å². The van der Waals surface area contributed by atoms with Crippen LogP contribution in [-0.4, -0.2) is 52.1 Å². The van der Waals surface area contributed by atoms with Crippen LogP contribution in [0.2, 0.25) is 0 Å². The molecule has 1 aromatic rings. The summed E-state index contributed by atoms with van der Waals surface area (Å²) in [6.45, 7) is 1.86. The normalized spacial score (nSPS) is 23.0. The van der Waals surface area contributed by atoms with Crippen LogP contribution in [0.5, 0.6) is 11.5 Å². The molecule has 0 radical (unpaired) electrons. The number of benzene rings is 1. The van der Waals surface area contributed by atoms with E-state index in [4.69, 9.17) is 9.47 Å². The number of rotatable bonds is 3. The highest BCUT2D eigenvalue weighted by Gasteiger charge is 2.33. The van der Waals surface area contributed by atoms with Crippen molar-refractivity contribution in [3.8, 4) is 11.5 Å². The molecule has 1 N–H and O–H groups in total. The Labute approximate surface area is 125 Å². The number of ether oxygens (including phenoxy) is 2. The number of nitrogens with one attached hydrogen (secondary N) is 1. The largest absolute Gasteiger partial charge is 0.486 e. The summed E-state index contributed by atoms with van der Waals surface area (Å²) >= 11 is 0. The molecule has 2 heterocycles. The molecule has 1 aromatic carbocycles. The van der Waals surface area contributed by atoms with Crippen molar-refractivity contribution in [3.63, 3.8) is 0 Å². The zero-order chi connectivity index (χ0) is 14.9. The number of sulfonamides is 1. The third-order valence-electron chi connectivity index (χ3n) is 3.94. The Hall–Kier alpha value is -1.31. The number of para-hydroxylation sites is 1. The molecule has 0 bridgehead atoms. The fraction of sp³-hybridized carbons (Fsp3) is 0.571. The minimum Gasteiger partial charge on any atom is -0.486 e. The van der Waals surface area contributed by atoms with E-state index >= 15 is 0 Å². The number of hydrogen-bond acceptors (Lipinski definition) is 5. The topological polar surface area (TPSA) is 67.9 Å². The predicted octanol–water partition coefficient (Wildman–Crippen LogP) is 0.830. The first-order chi connectivity index (χ1) is 10.1. The summed E-state index contributed by atoms with van der Waals surface area (Å²) in [6, 6.07) is 5.22. The van der Waals surface area contributed by atoms with Crippen molar-refractivity contribution < 1.29 is 17.9 Å². The van der Waals surface area contributed by atoms with Gasteiger partial charge in [0.25, 0.3) is 0 Å². The van der Waals surface area contributed by atoms with Gasteiger partial charge in [0.1, 0.15) is 18.1 Å². The maximum absolute atomic E-state index is 12.9. The molecule has 7 heteroatoms. The smallest absolute Gasteiger partial charge is 0.246 e. The summed E-state index contributed by atoms with van der Waals surface area (Å²) in [5.74, 6) is 0.847. The second kappa shape index (κ2) is 5.82. The van der Waals surface area contributed by atoms with E-state index in [1.165, 1.54) is 4.31 Å². The molecule has 1 unspecified atom stereocenters. The number of hydrogen-bond donors (Lipinski definition) is 1. The van der Waals surface area contributed by atoms with Crippen molar-refractivity contribution in [1.82, 2.24) is 9.62 Å². The molecule has 6 nitrogen and oxygen atoms in total. The van der Waals surface area contributed by atoms with E-state index in [9.17, 15) is 8.42 Å². The van der Waals surface area contributed by atoms with Crippen LogP contribution in [0.4, 0.5) is 0 Å². The van der Waals surface area contributed by atoms with Gasteiger partial charge in [-0.25, -0.2) is 8.42 Å². The standard InChI is InChI=1S/C14H20N2O4S/c1-15-11-4-3-7-16(10-11)21(17,18)13-6-2-5-12-14(13)20-9-8-19-12/h2,5-6,11,15H,3-4,7-10H2,1H3. The van der Waals surface area contributed by atoms with Crippen molar-refractivity contribution in [2.45, 2.75) is 23.8 Å². The Kier molecular flexibility index (Phi) is 4.05. The third kappa shape index (κ3) is 2.73. The maximum atomic E-state index is 12.9. The molecule has 2 aliphatic heterocycles. The van der Waals surface area contributed by atoms with Crippen molar-refractivity contribution in [1.29, 1.82) is 0 Å². The van der Waals surface area contributed by atoms with Gasteiger partial charge in [0.2, 0.25) is 10.0 Å². The zero-order valence-corrected chi connectivity index (χ0v) is 12.9. The minimum absolute atomic E-state index is 0.199. The first-order valence-electron chi connectivity index (χ1n) is 7.19. The molecular formula is C14H20N2O4S. The van der Waals surface area contributed by atoms with Gasteiger partial charge in [0, 0.05) is 19.1 Å². The lowest BCUT2D eigenvalue weighted by molar-refractivity contribution is 0.166. The van der Waals surface area contributed by atoms with E-state index < -0.39 is 10.0 Å². The molecule has 2 aliphatic rings. The molecule has 0 saturated carbocycles. The van der Waals surface area contributed by atoms with Crippen LogP contribution in [0, 0.1) is 0 Å². The quantitative estimate of drug-likeness (QED) is 0.895. The third-order valence-corrected chi connectivity index (χ3v) is 5.83. The van der Waals surface area contributed by atoms with Crippen LogP contribution in [0.3, 0.4) is 0 Å². The van der Waals surface area contributed by atoms with E-state index in [2.05, 4.69) is 5.32 Å². The number of likely N-dealkylation sites (N-methyl/N-ethyl adjacent to an activating group) is 1. The van der Waals surface area contributed by atoms with Gasteiger partial charge in [0.15, 0.2) is 11.5 Å². The average Bonchev–Trinajstić information content (AvgIpc) is 2.54. The molecule has 0 aromatic heterocycles. The lowest BCUT2D eigenvalue weighted by Crippen LogP contribution is -2.46. The van der Waals surface area contributed by atoms with Gasteiger partial charge in [-0.2, -0.15) is 4.31 Å². The van der Waals surface area contributed by atoms with E-state index in [0.29, 0.717) is 37.8 Å². The second-order valence-corrected chi connectivity index (χ2v) is 7.18. The van der Waals surface area contributed by atoms with Crippen LogP contribution < -0.4 is 14.8 Å². The Morgan fingerprint density at radius 2 is 2.10 bits per heavy atom. The number of piperidine rings is 1. The summed E-state index contributed by atoms with van der Waals surface area (Å²) in [4.78, 5) is 0.205. The van der Waals surface area contributed by atoms with Crippen molar-refractivity contribution >= 4 is 10.0 Å². The molecule has 116 valence electrons. The molecule has 0 aliphatic carbocycles. The molecular weight excluding hydrogens is 292 g/mol. The highest BCUT2D eigenvalue weighted by atomic mass is 32.2. The molecule has 1 atom stereocenters. The SMILES string of the molecule is CNC1CCCN(S(=O)(=O)c2cccc3c2OCCO3)C1. The molecule has 3 rings (SSSR count). The maximum Gasteiger partial charge on any atom is 0.246 e. The summed E-state index contributed by atoms with van der Waals surface area (Å²) in [7, 11) is -1.69. The summed E-state index contributed by atoms with van der Waals surface area (Å²) < 4.78 is 38.3. The molecule has 21 heavy (non-hydrogen) atoms. The Morgan fingerprint density at radius 3 is 2.90 bits per heavy atom. The first-order valence-corrected chi connectivity index (χ1v) is 8.63. The van der Waals surface area contributed by atoms with Crippen molar-refractivity contribution in [3.05, 3.63) is 18.2 Å². The van der Waals surface area contributed by atoms with Gasteiger partial charge in [0.05, 0.1) is 0 Å². The van der Waals surface area contributed by atoms with E-state index in [-0.39, 0.29) is 10.9 Å². The Bertz CT molecular complexity index is 617. The van der Waals surface area contributed by atoms with Crippen molar-refractivity contribution in [2.75, 3.05) is 33.4 Å². The van der Waals surface area contributed by atoms with E-state index in [0.717, 1.165) is 12.8 Å². The van der Waals surface area contributed by atoms with Gasteiger partial charge in [-0.15, -0.1) is 0 Å². The Balaban J connectivity index is 1.95. The highest BCUT2D eigenvalue weighted by molar-refractivity contribution is 7.89. The van der Waals surface area contributed by atoms with E-state index in [1.807, 2.05) is 7.05 Å². The van der Waals surface area contributed by atoms with Crippen LogP contribution in [-0.2, 0) is 10.0 Å². The van der Waals surface area contributed by atoms with E-state index in [1.54, 1.807) is 18.2 Å². The summed E-state index contributed by atoms with van der Waals surface area (Å²) in [6.07, 6.45) is 1.85. The predicted molar refractivity (Wildman–Crippen MR) is 78.3 cm³/mol. The average molecular weight is 312 g/mol. The van der Waals surface area contributed by atoms with Gasteiger partial charge >= 0.3 is 0 Å². The van der Waals surface area contributed by atoms with Crippen LogP contribution in [0.15, 0.2) is 23.1 Å². The highest BCUT2D eigenvalue weighted by Crippen LogP contribution is 2.38. The summed E-state index contributed by atoms with van der Waals surface area (Å²) in [5, 5.41) is 3.16. The number of nitrogens with zero attached hydrogens (tertiary/aromatic N) is 1. The lowest BCUT2D eigenvalue weighted by atomic mass is 10.1. The molecule has 0 amide bonds. The van der Waals surface area contributed by atoms with Crippen LogP contribution in [0.1, 0.15) is 12.8 Å². The van der Waals surface area contributed by atoms with Crippen LogP contribution >= 0.6 is 0 Å². The zero-order valence-electron chi connectivity index (χ0n) is 12.0. The monoisotopic (exact) mass is 312 g/mol. The van der Waals surface area contributed by atoms with Gasteiger partial charge < -0.3 is 14.8 Å². The second-order valence-electron chi connectivity index (χ2n) is 5.27. The molecule has 1 fully saturated rings. The van der Waals surface area contributed by atoms with Crippen molar-refractivity contribution in [2.24, 2.45) is 0 Å². The first kappa shape index (κ1) is 14.6.